The molecule has 0 aliphatic heterocycles. The molecule has 3 rings (SSSR count). The van der Waals surface area contributed by atoms with Gasteiger partial charge in [0.1, 0.15) is 6.54 Å². The Balaban J connectivity index is 1.87. The molecule has 10 heteroatoms. The second kappa shape index (κ2) is 7.49. The van der Waals surface area contributed by atoms with Gasteiger partial charge in [-0.2, -0.15) is 23.4 Å². The number of fused-ring (bicyclic) bond motifs is 1. The Morgan fingerprint density at radius 2 is 1.93 bits per heavy atom. The first-order valence-corrected chi connectivity index (χ1v) is 9.26. The lowest BCUT2D eigenvalue weighted by atomic mass is 10.1. The standard InChI is InChI=1S/C19H23F3N6O/c1-6-27-13(5)14(8-23-27)11(3)25-16(29)9-28-18-17(12(4)26-28)15(19(20,21)22)7-10(2)24-18/h7-8,11H,6,9H2,1-5H3,(H,25,29). The van der Waals surface area contributed by atoms with Crippen LogP contribution in [0.4, 0.5) is 13.2 Å². The van der Waals surface area contributed by atoms with Gasteiger partial charge in [0, 0.05) is 23.5 Å². The summed E-state index contributed by atoms with van der Waals surface area (Å²) in [5.74, 6) is -0.373. The number of aryl methyl sites for hydroxylation is 3. The van der Waals surface area contributed by atoms with Crippen LogP contribution in [-0.2, 0) is 24.1 Å². The summed E-state index contributed by atoms with van der Waals surface area (Å²) in [4.78, 5) is 16.8. The first kappa shape index (κ1) is 20.8. The molecule has 0 radical (unpaired) electrons. The molecule has 7 nitrogen and oxygen atoms in total. The maximum atomic E-state index is 13.4. The summed E-state index contributed by atoms with van der Waals surface area (Å²) >= 11 is 0. The van der Waals surface area contributed by atoms with E-state index in [-0.39, 0.29) is 40.9 Å². The van der Waals surface area contributed by atoms with Crippen LogP contribution in [0, 0.1) is 20.8 Å². The van der Waals surface area contributed by atoms with Crippen molar-refractivity contribution in [1.82, 2.24) is 29.9 Å². The first-order valence-electron chi connectivity index (χ1n) is 9.26. The first-order chi connectivity index (χ1) is 13.5. The van der Waals surface area contributed by atoms with Crippen molar-refractivity contribution in [1.29, 1.82) is 0 Å². The fourth-order valence-corrected chi connectivity index (χ4v) is 3.52. The highest BCUT2D eigenvalue weighted by molar-refractivity contribution is 5.85. The Bertz CT molecular complexity index is 1070. The van der Waals surface area contributed by atoms with Gasteiger partial charge in [-0.3, -0.25) is 9.48 Å². The van der Waals surface area contributed by atoms with Crippen LogP contribution in [0.25, 0.3) is 11.0 Å². The van der Waals surface area contributed by atoms with E-state index in [1.54, 1.807) is 6.20 Å². The summed E-state index contributed by atoms with van der Waals surface area (Å²) in [6.45, 7) is 9.18. The summed E-state index contributed by atoms with van der Waals surface area (Å²) in [5, 5.41) is 11.2. The van der Waals surface area contributed by atoms with Crippen molar-refractivity contribution in [2.75, 3.05) is 0 Å². The number of hydrogen-bond donors (Lipinski definition) is 1. The molecule has 3 aromatic rings. The lowest BCUT2D eigenvalue weighted by molar-refractivity contribution is -0.136. The molecule has 0 spiro atoms. The van der Waals surface area contributed by atoms with Gasteiger partial charge in [0.2, 0.25) is 5.91 Å². The minimum atomic E-state index is -4.53. The van der Waals surface area contributed by atoms with Crippen LogP contribution in [0.2, 0.25) is 0 Å². The highest BCUT2D eigenvalue weighted by atomic mass is 19.4. The number of halogens is 3. The minimum Gasteiger partial charge on any atom is -0.348 e. The Morgan fingerprint density at radius 3 is 2.52 bits per heavy atom. The maximum absolute atomic E-state index is 13.4. The van der Waals surface area contributed by atoms with Gasteiger partial charge >= 0.3 is 6.18 Å². The zero-order chi connectivity index (χ0) is 21.5. The van der Waals surface area contributed by atoms with Crippen molar-refractivity contribution in [3.63, 3.8) is 0 Å². The number of amides is 1. The van der Waals surface area contributed by atoms with E-state index in [1.807, 2.05) is 25.5 Å². The molecule has 0 aliphatic rings. The zero-order valence-corrected chi connectivity index (χ0v) is 16.9. The Morgan fingerprint density at radius 1 is 1.24 bits per heavy atom. The van der Waals surface area contributed by atoms with E-state index in [1.165, 1.54) is 18.5 Å². The van der Waals surface area contributed by atoms with Crippen LogP contribution in [0.3, 0.4) is 0 Å². The third kappa shape index (κ3) is 3.96. The van der Waals surface area contributed by atoms with Crippen molar-refractivity contribution in [3.05, 3.63) is 40.5 Å². The van der Waals surface area contributed by atoms with Gasteiger partial charge in [0.25, 0.3) is 0 Å². The van der Waals surface area contributed by atoms with E-state index in [0.29, 0.717) is 0 Å². The summed E-state index contributed by atoms with van der Waals surface area (Å²) in [7, 11) is 0. The molecule has 0 saturated heterocycles. The number of nitrogens with one attached hydrogen (secondary N) is 1. The van der Waals surface area contributed by atoms with Crippen molar-refractivity contribution in [2.45, 2.75) is 59.9 Å². The number of hydrogen-bond acceptors (Lipinski definition) is 4. The van der Waals surface area contributed by atoms with Gasteiger partial charge in [-0.15, -0.1) is 0 Å². The summed E-state index contributed by atoms with van der Waals surface area (Å²) in [5.41, 5.74) is 1.48. The molecule has 29 heavy (non-hydrogen) atoms. The van der Waals surface area contributed by atoms with Crippen molar-refractivity contribution in [2.24, 2.45) is 0 Å². The molecule has 1 unspecified atom stereocenters. The number of alkyl halides is 3. The number of pyridine rings is 1. The van der Waals surface area contributed by atoms with Gasteiger partial charge in [-0.1, -0.05) is 0 Å². The number of aromatic nitrogens is 5. The van der Waals surface area contributed by atoms with Crippen molar-refractivity contribution in [3.8, 4) is 0 Å². The van der Waals surface area contributed by atoms with Crippen molar-refractivity contribution < 1.29 is 18.0 Å². The van der Waals surface area contributed by atoms with E-state index in [0.717, 1.165) is 23.9 Å². The number of carbonyl (C=O) groups is 1. The van der Waals surface area contributed by atoms with Gasteiger partial charge in [0.15, 0.2) is 5.65 Å². The van der Waals surface area contributed by atoms with Gasteiger partial charge < -0.3 is 5.32 Å². The molecule has 156 valence electrons. The monoisotopic (exact) mass is 408 g/mol. The average Bonchev–Trinajstić information content (AvgIpc) is 3.13. The van der Waals surface area contributed by atoms with Crippen LogP contribution < -0.4 is 5.32 Å². The number of carbonyl (C=O) groups excluding carboxylic acids is 1. The predicted molar refractivity (Wildman–Crippen MR) is 101 cm³/mol. The summed E-state index contributed by atoms with van der Waals surface area (Å²) in [6.07, 6.45) is -2.82. The predicted octanol–water partition coefficient (Wildman–Crippen LogP) is 3.47. The highest BCUT2D eigenvalue weighted by Crippen LogP contribution is 2.36. The van der Waals surface area contributed by atoms with Crippen LogP contribution >= 0.6 is 0 Å². The van der Waals surface area contributed by atoms with E-state index in [9.17, 15) is 18.0 Å². The summed E-state index contributed by atoms with van der Waals surface area (Å²) in [6, 6.07) is 0.698. The molecule has 0 aromatic carbocycles. The van der Waals surface area contributed by atoms with E-state index >= 15 is 0 Å². The molecule has 0 fully saturated rings. The normalized spacial score (nSPS) is 13.1. The minimum absolute atomic E-state index is 0.0487. The van der Waals surface area contributed by atoms with E-state index in [2.05, 4.69) is 20.5 Å². The second-order valence-corrected chi connectivity index (χ2v) is 7.04. The smallest absolute Gasteiger partial charge is 0.348 e. The Kier molecular flexibility index (Phi) is 5.38. The van der Waals surface area contributed by atoms with E-state index < -0.39 is 11.7 Å². The molecule has 1 N–H and O–H groups in total. The maximum Gasteiger partial charge on any atom is 0.417 e. The van der Waals surface area contributed by atoms with Crippen LogP contribution in [0.15, 0.2) is 12.3 Å². The largest absolute Gasteiger partial charge is 0.417 e. The molecule has 1 atom stereocenters. The fourth-order valence-electron chi connectivity index (χ4n) is 3.52. The highest BCUT2D eigenvalue weighted by Gasteiger charge is 2.35. The quantitative estimate of drug-likeness (QED) is 0.701. The third-order valence-corrected chi connectivity index (χ3v) is 4.89. The van der Waals surface area contributed by atoms with Crippen LogP contribution in [0.5, 0.6) is 0 Å². The Labute approximate surface area is 165 Å². The average molecular weight is 408 g/mol. The van der Waals surface area contributed by atoms with Gasteiger partial charge in [0.05, 0.1) is 28.9 Å². The second-order valence-electron chi connectivity index (χ2n) is 7.04. The van der Waals surface area contributed by atoms with Gasteiger partial charge in [-0.25, -0.2) is 9.67 Å². The summed E-state index contributed by atoms with van der Waals surface area (Å²) < 4.78 is 43.3. The lowest BCUT2D eigenvalue weighted by Gasteiger charge is -2.14. The molecule has 0 saturated carbocycles. The fraction of sp³-hybridized carbons (Fsp3) is 0.474. The molecule has 0 aliphatic carbocycles. The third-order valence-electron chi connectivity index (χ3n) is 4.89. The molecule has 1 amide bonds. The van der Waals surface area contributed by atoms with Crippen LogP contribution in [-0.4, -0.2) is 30.5 Å². The number of nitrogens with zero attached hydrogens (tertiary/aromatic N) is 5. The molecule has 0 bridgehead atoms. The Hall–Kier alpha value is -2.91. The molecular weight excluding hydrogens is 385 g/mol. The van der Waals surface area contributed by atoms with Crippen molar-refractivity contribution >= 4 is 16.9 Å². The zero-order valence-electron chi connectivity index (χ0n) is 16.9. The molecular formula is C19H23F3N6O. The SMILES string of the molecule is CCn1ncc(C(C)NC(=O)Cn2nc(C)c3c(C(F)(F)F)cc(C)nc32)c1C. The topological polar surface area (TPSA) is 77.6 Å². The van der Waals surface area contributed by atoms with E-state index in [4.69, 9.17) is 0 Å². The lowest BCUT2D eigenvalue weighted by Crippen LogP contribution is -2.30. The van der Waals surface area contributed by atoms with Gasteiger partial charge in [-0.05, 0) is 40.7 Å². The van der Waals surface area contributed by atoms with Crippen LogP contribution in [0.1, 0.15) is 48.1 Å². The molecule has 3 aromatic heterocycles. The number of rotatable bonds is 5. The molecule has 3 heterocycles.